The highest BCUT2D eigenvalue weighted by Gasteiger charge is 2.34. The van der Waals surface area contributed by atoms with Crippen molar-refractivity contribution in [3.63, 3.8) is 0 Å². The van der Waals surface area contributed by atoms with Crippen molar-refractivity contribution in [3.05, 3.63) is 47.8 Å². The predicted octanol–water partition coefficient (Wildman–Crippen LogP) is 3.66. The molecule has 0 aliphatic heterocycles. The molecule has 0 radical (unpaired) electrons. The minimum absolute atomic E-state index is 0.00830. The number of methoxy groups -OCH3 is 1. The van der Waals surface area contributed by atoms with Crippen molar-refractivity contribution in [2.45, 2.75) is 51.0 Å². The third-order valence-corrected chi connectivity index (χ3v) is 7.11. The Hall–Kier alpha value is -2.63. The molecule has 0 saturated carbocycles. The van der Waals surface area contributed by atoms with Crippen LogP contribution in [0, 0.1) is 0 Å². The number of aromatic nitrogens is 6. The smallest absolute Gasteiger partial charge is 0.240 e. The zero-order valence-corrected chi connectivity index (χ0v) is 19.9. The summed E-state index contributed by atoms with van der Waals surface area (Å²) in [4.78, 5) is 12.4. The fourth-order valence-corrected chi connectivity index (χ4v) is 4.65. The maximum atomic E-state index is 13.3. The molecule has 0 fully saturated rings. The molecule has 3 heterocycles. The van der Waals surface area contributed by atoms with Crippen molar-refractivity contribution in [2.75, 3.05) is 11.8 Å². The Bertz CT molecular complexity index is 1120. The van der Waals surface area contributed by atoms with Crippen LogP contribution in [0.2, 0.25) is 5.02 Å². The number of ether oxygens (including phenoxy) is 1. The second-order valence-electron chi connectivity index (χ2n) is 7.20. The number of anilines is 1. The number of rotatable bonds is 10. The number of nitrogens with zero attached hydrogens (tertiary/aromatic N) is 6. The fraction of sp³-hybridized carbons (Fsp3) is 0.450. The monoisotopic (exact) mass is 479 g/mol. The van der Waals surface area contributed by atoms with Gasteiger partial charge in [-0.05, 0) is 31.9 Å². The third kappa shape index (κ3) is 5.05. The first kappa shape index (κ1) is 24.0. The predicted molar refractivity (Wildman–Crippen MR) is 122 cm³/mol. The highest BCUT2D eigenvalue weighted by atomic mass is 35.5. The lowest BCUT2D eigenvalue weighted by Gasteiger charge is -2.24. The van der Waals surface area contributed by atoms with Crippen LogP contribution in [0.1, 0.15) is 51.6 Å². The molecule has 10 nitrogen and oxygen atoms in total. The van der Waals surface area contributed by atoms with Gasteiger partial charge in [-0.3, -0.25) is 14.3 Å². The molecule has 32 heavy (non-hydrogen) atoms. The van der Waals surface area contributed by atoms with Gasteiger partial charge in [-0.2, -0.15) is 0 Å². The van der Waals surface area contributed by atoms with E-state index in [4.69, 9.17) is 16.3 Å². The number of hydrogen-bond acceptors (Lipinski definition) is 8. The van der Waals surface area contributed by atoms with E-state index >= 15 is 0 Å². The summed E-state index contributed by atoms with van der Waals surface area (Å²) in [7, 11) is -2.55. The van der Waals surface area contributed by atoms with Crippen LogP contribution in [0.4, 0.5) is 5.95 Å². The highest BCUT2D eigenvalue weighted by molar-refractivity contribution is 7.93. The second-order valence-corrected chi connectivity index (χ2v) is 9.67. The average Bonchev–Trinajstić information content (AvgIpc) is 3.19. The number of nitrogens with one attached hydrogen (secondary N) is 1. The van der Waals surface area contributed by atoms with E-state index in [0.29, 0.717) is 10.8 Å². The largest absolute Gasteiger partial charge is 0.372 e. The molecule has 0 amide bonds. The van der Waals surface area contributed by atoms with Gasteiger partial charge in [-0.1, -0.05) is 25.4 Å². The van der Waals surface area contributed by atoms with Gasteiger partial charge in [-0.25, -0.2) is 18.4 Å². The average molecular weight is 480 g/mol. The lowest BCUT2D eigenvalue weighted by Crippen LogP contribution is -2.33. The molecule has 0 unspecified atom stereocenters. The summed E-state index contributed by atoms with van der Waals surface area (Å²) in [5.74, 6) is 0.894. The van der Waals surface area contributed by atoms with Crippen LogP contribution in [0.25, 0.3) is 11.4 Å². The second kappa shape index (κ2) is 10.3. The van der Waals surface area contributed by atoms with E-state index in [1.165, 1.54) is 26.4 Å². The molecule has 12 heteroatoms. The van der Waals surface area contributed by atoms with E-state index in [9.17, 15) is 8.42 Å². The van der Waals surface area contributed by atoms with Crippen LogP contribution in [-0.4, -0.2) is 50.5 Å². The van der Waals surface area contributed by atoms with Crippen LogP contribution in [0.3, 0.4) is 0 Å². The van der Waals surface area contributed by atoms with Gasteiger partial charge >= 0.3 is 0 Å². The molecule has 0 aromatic carbocycles. The molecular weight excluding hydrogens is 454 g/mol. The molecule has 3 aromatic heterocycles. The molecule has 1 N–H and O–H groups in total. The lowest BCUT2D eigenvalue weighted by atomic mass is 10.1. The standard InChI is InChI=1S/C20H26ClN7O3S/c1-5-16(6-2)28-19(14-8-7-9-22-10-14)25-26-20(28)27-32(29,30)13(3)17(31-4)18-23-11-15(21)12-24-18/h7-13,16-17H,5-6H2,1-4H3,(H,26,27)/t13-,17-/m0/s1. The van der Waals surface area contributed by atoms with Crippen molar-refractivity contribution in [2.24, 2.45) is 0 Å². The van der Waals surface area contributed by atoms with Crippen LogP contribution in [0.15, 0.2) is 36.9 Å². The summed E-state index contributed by atoms with van der Waals surface area (Å²) < 4.78 is 36.4. The Morgan fingerprint density at radius 3 is 2.41 bits per heavy atom. The van der Waals surface area contributed by atoms with Gasteiger partial charge < -0.3 is 4.74 Å². The van der Waals surface area contributed by atoms with E-state index in [0.717, 1.165) is 18.4 Å². The number of halogens is 1. The first-order valence-corrected chi connectivity index (χ1v) is 12.1. The summed E-state index contributed by atoms with van der Waals surface area (Å²) in [6.07, 6.45) is 6.75. The van der Waals surface area contributed by atoms with Gasteiger partial charge in [0.15, 0.2) is 11.6 Å². The van der Waals surface area contributed by atoms with E-state index in [-0.39, 0.29) is 17.8 Å². The minimum atomic E-state index is -3.95. The molecule has 2 atom stereocenters. The lowest BCUT2D eigenvalue weighted by molar-refractivity contribution is 0.0950. The zero-order valence-electron chi connectivity index (χ0n) is 18.3. The van der Waals surface area contributed by atoms with Gasteiger partial charge in [0, 0.05) is 43.5 Å². The quantitative estimate of drug-likeness (QED) is 0.467. The zero-order chi connectivity index (χ0) is 23.3. The molecule has 0 spiro atoms. The summed E-state index contributed by atoms with van der Waals surface area (Å²) in [5, 5.41) is 7.73. The molecular formula is C20H26ClN7O3S. The van der Waals surface area contributed by atoms with E-state index < -0.39 is 21.4 Å². The Balaban J connectivity index is 1.97. The molecule has 3 rings (SSSR count). The summed E-state index contributed by atoms with van der Waals surface area (Å²) in [5.41, 5.74) is 0.745. The molecule has 0 saturated heterocycles. The van der Waals surface area contributed by atoms with Gasteiger partial charge in [0.2, 0.25) is 16.0 Å². The Morgan fingerprint density at radius 2 is 1.84 bits per heavy atom. The van der Waals surface area contributed by atoms with Crippen LogP contribution >= 0.6 is 11.6 Å². The van der Waals surface area contributed by atoms with Gasteiger partial charge in [-0.15, -0.1) is 10.2 Å². The summed E-state index contributed by atoms with van der Waals surface area (Å²) in [6.45, 7) is 5.58. The normalized spacial score (nSPS) is 13.8. The summed E-state index contributed by atoms with van der Waals surface area (Å²) in [6, 6.07) is 3.64. The molecule has 3 aromatic rings. The molecule has 0 bridgehead atoms. The van der Waals surface area contributed by atoms with Crippen LogP contribution < -0.4 is 4.72 Å². The van der Waals surface area contributed by atoms with Crippen LogP contribution in [0.5, 0.6) is 0 Å². The van der Waals surface area contributed by atoms with Crippen molar-refractivity contribution in [1.82, 2.24) is 29.7 Å². The van der Waals surface area contributed by atoms with E-state index in [2.05, 4.69) is 29.9 Å². The molecule has 172 valence electrons. The van der Waals surface area contributed by atoms with Crippen molar-refractivity contribution < 1.29 is 13.2 Å². The van der Waals surface area contributed by atoms with E-state index in [1.807, 2.05) is 24.5 Å². The highest BCUT2D eigenvalue weighted by Crippen LogP contribution is 2.30. The maximum absolute atomic E-state index is 13.3. The van der Waals surface area contributed by atoms with Gasteiger partial charge in [0.25, 0.3) is 0 Å². The minimum Gasteiger partial charge on any atom is -0.372 e. The Labute approximate surface area is 192 Å². The van der Waals surface area contributed by atoms with Gasteiger partial charge in [0.1, 0.15) is 11.4 Å². The fourth-order valence-electron chi connectivity index (χ4n) is 3.41. The third-order valence-electron chi connectivity index (χ3n) is 5.22. The molecule has 0 aliphatic carbocycles. The van der Waals surface area contributed by atoms with Gasteiger partial charge in [0.05, 0.1) is 5.02 Å². The topological polar surface area (TPSA) is 125 Å². The maximum Gasteiger partial charge on any atom is 0.240 e. The molecule has 0 aliphatic rings. The number of sulfonamides is 1. The Morgan fingerprint density at radius 1 is 1.16 bits per heavy atom. The first-order valence-electron chi connectivity index (χ1n) is 10.2. The van der Waals surface area contributed by atoms with Crippen molar-refractivity contribution >= 4 is 27.6 Å². The summed E-state index contributed by atoms with van der Waals surface area (Å²) >= 11 is 5.84. The number of pyridine rings is 1. The van der Waals surface area contributed by atoms with Crippen molar-refractivity contribution in [3.8, 4) is 11.4 Å². The SMILES string of the molecule is CCC(CC)n1c(NS(=O)(=O)[C@@H](C)[C@H](OC)c2ncc(Cl)cn2)nnc1-c1cccnc1. The van der Waals surface area contributed by atoms with Crippen LogP contribution in [-0.2, 0) is 14.8 Å². The van der Waals surface area contributed by atoms with E-state index in [1.54, 1.807) is 18.5 Å². The number of hydrogen-bond donors (Lipinski definition) is 1. The Kier molecular flexibility index (Phi) is 7.75. The van der Waals surface area contributed by atoms with Crippen molar-refractivity contribution in [1.29, 1.82) is 0 Å². The first-order chi connectivity index (χ1) is 15.3.